The molecule has 11 nitrogen and oxygen atoms in total. The summed E-state index contributed by atoms with van der Waals surface area (Å²) in [6.45, 7) is 3.26. The van der Waals surface area contributed by atoms with Crippen molar-refractivity contribution in [2.75, 3.05) is 37.0 Å². The van der Waals surface area contributed by atoms with Gasteiger partial charge in [0.05, 0.1) is 37.1 Å². The molecular formula is C35H42F3N5O6S. The van der Waals surface area contributed by atoms with Crippen LogP contribution in [0, 0.1) is 0 Å². The van der Waals surface area contributed by atoms with Crippen LogP contribution in [0.1, 0.15) is 37.0 Å². The summed E-state index contributed by atoms with van der Waals surface area (Å²) in [6.07, 6.45) is -5.67. The zero-order chi connectivity index (χ0) is 36.5. The number of benzene rings is 3. The van der Waals surface area contributed by atoms with Gasteiger partial charge >= 0.3 is 12.2 Å². The van der Waals surface area contributed by atoms with Gasteiger partial charge in [0, 0.05) is 42.2 Å². The minimum Gasteiger partial charge on any atom is -0.395 e. The largest absolute Gasteiger partial charge is 0.416 e. The number of urea groups is 1. The third kappa shape index (κ3) is 10.7. The summed E-state index contributed by atoms with van der Waals surface area (Å²) < 4.78 is 41.0. The number of nitrogens with one attached hydrogen (secondary N) is 4. The molecule has 0 fully saturated rings. The first-order chi connectivity index (χ1) is 23.7. The number of nitrogens with zero attached hydrogens (tertiary/aromatic N) is 1. The molecule has 4 amide bonds. The highest BCUT2D eigenvalue weighted by atomic mass is 32.2. The molecule has 0 saturated heterocycles. The Morgan fingerprint density at radius 2 is 1.74 bits per heavy atom. The van der Waals surface area contributed by atoms with Crippen molar-refractivity contribution in [3.63, 3.8) is 0 Å². The van der Waals surface area contributed by atoms with Gasteiger partial charge in [-0.05, 0) is 54.3 Å². The minimum atomic E-state index is -4.59. The number of carbonyl (C=O) groups is 3. The summed E-state index contributed by atoms with van der Waals surface area (Å²) in [5.74, 6) is -0.940. The summed E-state index contributed by atoms with van der Waals surface area (Å²) in [7, 11) is 0. The second-order valence-electron chi connectivity index (χ2n) is 12.5. The van der Waals surface area contributed by atoms with Gasteiger partial charge in [-0.25, -0.2) is 4.79 Å². The fourth-order valence-electron chi connectivity index (χ4n) is 5.35. The Morgan fingerprint density at radius 1 is 1.02 bits per heavy atom. The number of anilines is 1. The van der Waals surface area contributed by atoms with Gasteiger partial charge in [0.15, 0.2) is 0 Å². The average Bonchev–Trinajstić information content (AvgIpc) is 3.20. The number of halogens is 3. The lowest BCUT2D eigenvalue weighted by atomic mass is 9.98. The number of rotatable bonds is 14. The predicted molar refractivity (Wildman–Crippen MR) is 184 cm³/mol. The molecule has 50 heavy (non-hydrogen) atoms. The third-order valence-corrected chi connectivity index (χ3v) is 9.11. The van der Waals surface area contributed by atoms with Crippen LogP contribution in [0.2, 0.25) is 0 Å². The number of aliphatic hydroxyl groups excluding tert-OH is 3. The molecule has 1 aliphatic rings. The van der Waals surface area contributed by atoms with E-state index in [4.69, 9.17) is 10.2 Å². The van der Waals surface area contributed by atoms with Gasteiger partial charge in [0.2, 0.25) is 5.91 Å². The van der Waals surface area contributed by atoms with E-state index in [0.717, 1.165) is 40.6 Å². The molecule has 1 heterocycles. The van der Waals surface area contributed by atoms with Crippen LogP contribution in [0.3, 0.4) is 0 Å². The van der Waals surface area contributed by atoms with Crippen molar-refractivity contribution >= 4 is 35.3 Å². The average molecular weight is 718 g/mol. The van der Waals surface area contributed by atoms with E-state index in [1.54, 1.807) is 13.8 Å². The molecule has 0 saturated carbocycles. The molecule has 2 atom stereocenters. The maximum Gasteiger partial charge on any atom is 0.416 e. The normalized spacial score (nSPS) is 15.6. The van der Waals surface area contributed by atoms with E-state index in [1.807, 2.05) is 48.5 Å². The number of hydrogen-bond acceptors (Lipinski definition) is 8. The molecule has 0 unspecified atom stereocenters. The van der Waals surface area contributed by atoms with Crippen molar-refractivity contribution in [3.05, 3.63) is 83.4 Å². The highest BCUT2D eigenvalue weighted by Crippen LogP contribution is 2.40. The van der Waals surface area contributed by atoms with Crippen molar-refractivity contribution in [3.8, 4) is 11.1 Å². The molecule has 0 spiro atoms. The highest BCUT2D eigenvalue weighted by molar-refractivity contribution is 7.99. The SMILES string of the molecule is CC(C)(CC(=O)N[C@@H]1CSc2cc(C(F)(F)F)ccc2N(Cc2ccc(-c3ccccc3CNC(=O)NCCO)cc2)C1=O)NC[C@H](O)CO. The van der Waals surface area contributed by atoms with Crippen LogP contribution in [-0.2, 0) is 28.9 Å². The molecule has 4 rings (SSSR count). The second-order valence-corrected chi connectivity index (χ2v) is 13.6. The summed E-state index contributed by atoms with van der Waals surface area (Å²) >= 11 is 1.05. The van der Waals surface area contributed by atoms with Gasteiger partial charge in [-0.2, -0.15) is 13.2 Å². The Labute approximate surface area is 292 Å². The Bertz CT molecular complexity index is 1640. The topological polar surface area (TPSA) is 163 Å². The molecular weight excluding hydrogens is 675 g/mol. The van der Waals surface area contributed by atoms with Gasteiger partial charge in [-0.3, -0.25) is 9.59 Å². The number of thioether (sulfide) groups is 1. The maximum atomic E-state index is 14.0. The highest BCUT2D eigenvalue weighted by Gasteiger charge is 2.36. The van der Waals surface area contributed by atoms with Crippen molar-refractivity contribution in [2.24, 2.45) is 0 Å². The fraction of sp³-hybridized carbons (Fsp3) is 0.400. The van der Waals surface area contributed by atoms with Crippen molar-refractivity contribution in [1.29, 1.82) is 0 Å². The Morgan fingerprint density at radius 3 is 2.42 bits per heavy atom. The van der Waals surface area contributed by atoms with Crippen molar-refractivity contribution < 1.29 is 42.9 Å². The Balaban J connectivity index is 1.56. The van der Waals surface area contributed by atoms with Crippen molar-refractivity contribution in [2.45, 2.75) is 62.1 Å². The number of amides is 4. The summed E-state index contributed by atoms with van der Waals surface area (Å²) in [5.41, 5.74) is 1.88. The van der Waals surface area contributed by atoms with E-state index in [-0.39, 0.29) is 49.9 Å². The van der Waals surface area contributed by atoms with Crippen LogP contribution in [0.15, 0.2) is 71.6 Å². The number of alkyl halides is 3. The van der Waals surface area contributed by atoms with Crippen LogP contribution in [0.4, 0.5) is 23.7 Å². The smallest absolute Gasteiger partial charge is 0.395 e. The first-order valence-corrected chi connectivity index (χ1v) is 17.0. The maximum absolute atomic E-state index is 14.0. The monoisotopic (exact) mass is 717 g/mol. The summed E-state index contributed by atoms with van der Waals surface area (Å²) in [4.78, 5) is 40.8. The molecule has 270 valence electrons. The van der Waals surface area contributed by atoms with Gasteiger partial charge < -0.3 is 41.5 Å². The zero-order valence-electron chi connectivity index (χ0n) is 27.7. The van der Waals surface area contributed by atoms with Crippen molar-refractivity contribution in [1.82, 2.24) is 21.3 Å². The fourth-order valence-corrected chi connectivity index (χ4v) is 6.46. The zero-order valence-corrected chi connectivity index (χ0v) is 28.5. The lowest BCUT2D eigenvalue weighted by Gasteiger charge is -2.29. The Kier molecular flexibility index (Phi) is 13.3. The number of carbonyl (C=O) groups excluding carboxylic acids is 3. The number of aliphatic hydroxyl groups is 3. The lowest BCUT2D eigenvalue weighted by Crippen LogP contribution is -2.52. The van der Waals surface area contributed by atoms with E-state index in [9.17, 15) is 32.7 Å². The van der Waals surface area contributed by atoms with Crippen LogP contribution in [0.25, 0.3) is 11.1 Å². The molecule has 0 aliphatic carbocycles. The van der Waals surface area contributed by atoms with E-state index in [2.05, 4.69) is 21.3 Å². The molecule has 1 aliphatic heterocycles. The molecule has 3 aromatic rings. The summed E-state index contributed by atoms with van der Waals surface area (Å²) in [6, 6.07) is 16.6. The molecule has 0 bridgehead atoms. The van der Waals surface area contributed by atoms with Crippen LogP contribution in [-0.4, -0.2) is 82.9 Å². The minimum absolute atomic E-state index is 0.00818. The first kappa shape index (κ1) is 38.6. The molecule has 3 aromatic carbocycles. The number of β-amino-alcohol motifs (C(OH)–C–C–N with tert-alkyl or cyclic N) is 1. The van der Waals surface area contributed by atoms with E-state index in [0.29, 0.717) is 11.3 Å². The Hall–Kier alpha value is -4.15. The standard InChI is InChI=1S/C35H42F3N5O6S/c1-34(2,41-18-26(46)20-45)16-31(47)42-28-21-50-30-15-25(35(36,37)38)11-12-29(30)43(32(28)48)19-22-7-9-23(10-8-22)27-6-4-3-5-24(27)17-40-33(49)39-13-14-44/h3-12,15,26,28,41,44-46H,13-14,16-21H2,1-2H3,(H,42,47)(H2,39,40,49)/t26-,28+/m0/s1. The van der Waals surface area contributed by atoms with Gasteiger partial charge in [0.1, 0.15) is 6.04 Å². The number of fused-ring (bicyclic) bond motifs is 1. The quantitative estimate of drug-likeness (QED) is 0.134. The van der Waals surface area contributed by atoms with Gasteiger partial charge in [-0.1, -0.05) is 48.5 Å². The number of hydrogen-bond donors (Lipinski definition) is 7. The van der Waals surface area contributed by atoms with E-state index in [1.165, 1.54) is 11.0 Å². The van der Waals surface area contributed by atoms with Crippen LogP contribution < -0.4 is 26.2 Å². The van der Waals surface area contributed by atoms with Gasteiger partial charge in [-0.15, -0.1) is 11.8 Å². The van der Waals surface area contributed by atoms with Gasteiger partial charge in [0.25, 0.3) is 5.91 Å². The molecule has 0 aromatic heterocycles. The van der Waals surface area contributed by atoms with Crippen LogP contribution >= 0.6 is 11.8 Å². The predicted octanol–water partition coefficient (Wildman–Crippen LogP) is 3.40. The van der Waals surface area contributed by atoms with E-state index < -0.39 is 53.9 Å². The molecule has 7 N–H and O–H groups in total. The van der Waals surface area contributed by atoms with Crippen LogP contribution in [0.5, 0.6) is 0 Å². The third-order valence-electron chi connectivity index (χ3n) is 7.97. The van der Waals surface area contributed by atoms with E-state index >= 15 is 0 Å². The molecule has 15 heteroatoms. The molecule has 0 radical (unpaired) electrons. The lowest BCUT2D eigenvalue weighted by molar-refractivity contribution is -0.137. The second kappa shape index (κ2) is 17.2. The first-order valence-electron chi connectivity index (χ1n) is 16.0. The summed E-state index contributed by atoms with van der Waals surface area (Å²) in [5, 5.41) is 38.7.